The fraction of sp³-hybridized carbons (Fsp3) is 0.188. The summed E-state index contributed by atoms with van der Waals surface area (Å²) >= 11 is 0. The molecule has 0 atom stereocenters. The minimum Gasteiger partial charge on any atom is -0.494 e. The molecule has 5 heteroatoms. The van der Waals surface area contributed by atoms with Crippen LogP contribution in [0.3, 0.4) is 0 Å². The van der Waals surface area contributed by atoms with E-state index in [0.717, 1.165) is 12.2 Å². The molecule has 0 unspecified atom stereocenters. The van der Waals surface area contributed by atoms with Gasteiger partial charge >= 0.3 is 0 Å². The Kier molecular flexibility index (Phi) is 4.66. The minimum absolute atomic E-state index is 0.349. The van der Waals surface area contributed by atoms with Crippen molar-refractivity contribution >= 4 is 11.6 Å². The van der Waals surface area contributed by atoms with Gasteiger partial charge in [-0.15, -0.1) is 0 Å². The summed E-state index contributed by atoms with van der Waals surface area (Å²) in [4.78, 5) is 11.2. The Bertz CT molecular complexity index is 624. The second kappa shape index (κ2) is 6.65. The highest BCUT2D eigenvalue weighted by atomic mass is 16.5. The molecule has 0 aliphatic carbocycles. The van der Waals surface area contributed by atoms with E-state index in [4.69, 9.17) is 20.9 Å². The standard InChI is InChI=1S/C16H18N2O3/c1-2-9-20-12-4-6-13(7-5-12)21-15-10-11(16(18)19)3-8-14(15)17/h3-8,10H,2,9,17H2,1H3,(H2,18,19). The van der Waals surface area contributed by atoms with Gasteiger partial charge in [-0.1, -0.05) is 6.92 Å². The molecule has 0 saturated carbocycles. The number of rotatable bonds is 6. The molecule has 0 aliphatic heterocycles. The van der Waals surface area contributed by atoms with E-state index in [1.165, 1.54) is 6.07 Å². The van der Waals surface area contributed by atoms with Gasteiger partial charge in [-0.3, -0.25) is 4.79 Å². The molecule has 0 aromatic heterocycles. The lowest BCUT2D eigenvalue weighted by Gasteiger charge is -2.10. The van der Waals surface area contributed by atoms with Crippen LogP contribution in [0.5, 0.6) is 17.2 Å². The smallest absolute Gasteiger partial charge is 0.248 e. The van der Waals surface area contributed by atoms with E-state index in [2.05, 4.69) is 0 Å². The number of primary amides is 1. The summed E-state index contributed by atoms with van der Waals surface area (Å²) in [6.45, 7) is 2.72. The Morgan fingerprint density at radius 1 is 1.10 bits per heavy atom. The van der Waals surface area contributed by atoms with Gasteiger partial charge in [-0.2, -0.15) is 0 Å². The number of anilines is 1. The molecule has 2 rings (SSSR count). The second-order valence-corrected chi connectivity index (χ2v) is 4.54. The molecule has 0 aliphatic rings. The van der Waals surface area contributed by atoms with Gasteiger partial charge < -0.3 is 20.9 Å². The van der Waals surface area contributed by atoms with Crippen molar-refractivity contribution in [1.82, 2.24) is 0 Å². The number of benzene rings is 2. The monoisotopic (exact) mass is 286 g/mol. The molecule has 0 heterocycles. The van der Waals surface area contributed by atoms with Gasteiger partial charge in [0, 0.05) is 5.56 Å². The Morgan fingerprint density at radius 2 is 1.76 bits per heavy atom. The Balaban J connectivity index is 2.14. The van der Waals surface area contributed by atoms with Crippen LogP contribution in [0.25, 0.3) is 0 Å². The molecule has 5 nitrogen and oxygen atoms in total. The summed E-state index contributed by atoms with van der Waals surface area (Å²) in [6.07, 6.45) is 0.953. The number of carbonyl (C=O) groups excluding carboxylic acids is 1. The number of nitrogens with two attached hydrogens (primary N) is 2. The molecule has 0 spiro atoms. The highest BCUT2D eigenvalue weighted by molar-refractivity contribution is 5.93. The van der Waals surface area contributed by atoms with Crippen LogP contribution in [-0.2, 0) is 0 Å². The molecule has 110 valence electrons. The van der Waals surface area contributed by atoms with Gasteiger partial charge in [0.1, 0.15) is 11.5 Å². The molecular weight excluding hydrogens is 268 g/mol. The molecule has 1 amide bonds. The largest absolute Gasteiger partial charge is 0.494 e. The maximum atomic E-state index is 11.2. The van der Waals surface area contributed by atoms with Crippen molar-refractivity contribution in [3.8, 4) is 17.2 Å². The van der Waals surface area contributed by atoms with Gasteiger partial charge in [-0.25, -0.2) is 0 Å². The summed E-state index contributed by atoms with van der Waals surface area (Å²) in [6, 6.07) is 11.9. The van der Waals surface area contributed by atoms with E-state index in [9.17, 15) is 4.79 Å². The second-order valence-electron chi connectivity index (χ2n) is 4.54. The van der Waals surface area contributed by atoms with Crippen LogP contribution in [0.2, 0.25) is 0 Å². The topological polar surface area (TPSA) is 87.6 Å². The van der Waals surface area contributed by atoms with Crippen LogP contribution in [-0.4, -0.2) is 12.5 Å². The average molecular weight is 286 g/mol. The number of carbonyl (C=O) groups is 1. The van der Waals surface area contributed by atoms with E-state index in [-0.39, 0.29) is 0 Å². The molecule has 2 aromatic rings. The SMILES string of the molecule is CCCOc1ccc(Oc2cc(C(N)=O)ccc2N)cc1. The minimum atomic E-state index is -0.525. The van der Waals surface area contributed by atoms with Gasteiger partial charge in [0.05, 0.1) is 12.3 Å². The third-order valence-corrected chi connectivity index (χ3v) is 2.82. The fourth-order valence-corrected chi connectivity index (χ4v) is 1.73. The van der Waals surface area contributed by atoms with Gasteiger partial charge in [0.2, 0.25) is 5.91 Å². The van der Waals surface area contributed by atoms with Gasteiger partial charge in [-0.05, 0) is 48.9 Å². The zero-order valence-corrected chi connectivity index (χ0v) is 11.8. The zero-order valence-electron chi connectivity index (χ0n) is 11.8. The Hall–Kier alpha value is -2.69. The van der Waals surface area contributed by atoms with Crippen molar-refractivity contribution < 1.29 is 14.3 Å². The van der Waals surface area contributed by atoms with E-state index in [0.29, 0.717) is 29.4 Å². The van der Waals surface area contributed by atoms with Crippen LogP contribution in [0.4, 0.5) is 5.69 Å². The predicted octanol–water partition coefficient (Wildman–Crippen LogP) is 2.95. The first kappa shape index (κ1) is 14.7. The third kappa shape index (κ3) is 3.89. The first-order chi connectivity index (χ1) is 10.1. The fourth-order valence-electron chi connectivity index (χ4n) is 1.73. The molecule has 0 radical (unpaired) electrons. The summed E-state index contributed by atoms with van der Waals surface area (Å²) in [5.41, 5.74) is 11.9. The van der Waals surface area contributed by atoms with Crippen molar-refractivity contribution in [2.75, 3.05) is 12.3 Å². The maximum Gasteiger partial charge on any atom is 0.248 e. The summed E-state index contributed by atoms with van der Waals surface area (Å²) < 4.78 is 11.2. The van der Waals surface area contributed by atoms with Gasteiger partial charge in [0.15, 0.2) is 5.75 Å². The number of amides is 1. The number of ether oxygens (including phenoxy) is 2. The molecule has 2 aromatic carbocycles. The lowest BCUT2D eigenvalue weighted by molar-refractivity contribution is 0.1000. The van der Waals surface area contributed by atoms with E-state index >= 15 is 0 Å². The Morgan fingerprint density at radius 3 is 2.38 bits per heavy atom. The first-order valence-electron chi connectivity index (χ1n) is 6.70. The molecule has 0 saturated heterocycles. The lowest BCUT2D eigenvalue weighted by Crippen LogP contribution is -2.11. The predicted molar refractivity (Wildman–Crippen MR) is 81.7 cm³/mol. The van der Waals surface area contributed by atoms with Crippen molar-refractivity contribution in [2.45, 2.75) is 13.3 Å². The molecule has 4 N–H and O–H groups in total. The Labute approximate surface area is 123 Å². The molecule has 0 bridgehead atoms. The van der Waals surface area contributed by atoms with Crippen LogP contribution in [0.15, 0.2) is 42.5 Å². The van der Waals surface area contributed by atoms with Crippen LogP contribution < -0.4 is 20.9 Å². The number of hydrogen-bond donors (Lipinski definition) is 2. The first-order valence-corrected chi connectivity index (χ1v) is 6.70. The van der Waals surface area contributed by atoms with Crippen LogP contribution >= 0.6 is 0 Å². The number of hydrogen-bond acceptors (Lipinski definition) is 4. The molecule has 21 heavy (non-hydrogen) atoms. The summed E-state index contributed by atoms with van der Waals surface area (Å²) in [7, 11) is 0. The third-order valence-electron chi connectivity index (χ3n) is 2.82. The van der Waals surface area contributed by atoms with Crippen molar-refractivity contribution in [3.63, 3.8) is 0 Å². The molecule has 0 fully saturated rings. The van der Waals surface area contributed by atoms with E-state index < -0.39 is 5.91 Å². The highest BCUT2D eigenvalue weighted by Crippen LogP contribution is 2.29. The maximum absolute atomic E-state index is 11.2. The number of nitrogen functional groups attached to an aromatic ring is 1. The highest BCUT2D eigenvalue weighted by Gasteiger charge is 2.07. The van der Waals surface area contributed by atoms with Gasteiger partial charge in [0.25, 0.3) is 0 Å². The zero-order chi connectivity index (χ0) is 15.2. The van der Waals surface area contributed by atoms with E-state index in [1.54, 1.807) is 24.3 Å². The van der Waals surface area contributed by atoms with Crippen molar-refractivity contribution in [2.24, 2.45) is 5.73 Å². The summed E-state index contributed by atoms with van der Waals surface area (Å²) in [5, 5.41) is 0. The van der Waals surface area contributed by atoms with E-state index in [1.807, 2.05) is 19.1 Å². The quantitative estimate of drug-likeness (QED) is 0.799. The average Bonchev–Trinajstić information content (AvgIpc) is 2.48. The summed E-state index contributed by atoms with van der Waals surface area (Å²) in [5.74, 6) is 1.26. The normalized spacial score (nSPS) is 10.1. The molecular formula is C16H18N2O3. The van der Waals surface area contributed by atoms with Crippen molar-refractivity contribution in [3.05, 3.63) is 48.0 Å². The van der Waals surface area contributed by atoms with Crippen LogP contribution in [0.1, 0.15) is 23.7 Å². The lowest BCUT2D eigenvalue weighted by atomic mass is 10.2. The van der Waals surface area contributed by atoms with Crippen molar-refractivity contribution in [1.29, 1.82) is 0 Å². The van der Waals surface area contributed by atoms with Crippen LogP contribution in [0, 0.1) is 0 Å².